The molecule has 29 heavy (non-hydrogen) atoms. The van der Waals surface area contributed by atoms with E-state index in [4.69, 9.17) is 9.73 Å². The summed E-state index contributed by atoms with van der Waals surface area (Å²) in [6.07, 6.45) is 1.16. The van der Waals surface area contributed by atoms with Crippen LogP contribution >= 0.6 is 0 Å². The second-order valence-corrected chi connectivity index (χ2v) is 9.63. The van der Waals surface area contributed by atoms with E-state index in [1.165, 1.54) is 23.8 Å². The Hall–Kier alpha value is -2.42. The van der Waals surface area contributed by atoms with Gasteiger partial charge in [0.2, 0.25) is 0 Å². The Bertz CT molecular complexity index is 982. The molecule has 0 heterocycles. The predicted molar refractivity (Wildman–Crippen MR) is 121 cm³/mol. The lowest BCUT2D eigenvalue weighted by molar-refractivity contribution is 0.0601. The Morgan fingerprint density at radius 2 is 1.72 bits per heavy atom. The summed E-state index contributed by atoms with van der Waals surface area (Å²) in [5.41, 5.74) is 7.53. The lowest BCUT2D eigenvalue weighted by Gasteiger charge is -2.47. The number of benzene rings is 2. The van der Waals surface area contributed by atoms with E-state index in [1.54, 1.807) is 6.07 Å². The molecule has 2 aromatic rings. The van der Waals surface area contributed by atoms with E-state index in [-0.39, 0.29) is 16.8 Å². The summed E-state index contributed by atoms with van der Waals surface area (Å²) < 4.78 is 4.91. The van der Waals surface area contributed by atoms with E-state index in [9.17, 15) is 4.79 Å². The van der Waals surface area contributed by atoms with E-state index in [0.717, 1.165) is 17.7 Å². The number of nitrogens with zero attached hydrogens (tertiary/aromatic N) is 1. The Morgan fingerprint density at radius 3 is 2.38 bits per heavy atom. The van der Waals surface area contributed by atoms with Crippen LogP contribution in [0.15, 0.2) is 41.4 Å². The molecule has 0 amide bonds. The monoisotopic (exact) mass is 391 g/mol. The van der Waals surface area contributed by atoms with Crippen molar-refractivity contribution in [1.82, 2.24) is 0 Å². The number of aliphatic imine (C=N–C) groups is 1. The number of para-hydroxylation sites is 1. The highest BCUT2D eigenvalue weighted by molar-refractivity contribution is 6.04. The molecule has 0 saturated heterocycles. The number of hydrogen-bond acceptors (Lipinski definition) is 3. The van der Waals surface area contributed by atoms with Crippen molar-refractivity contribution in [3.05, 3.63) is 64.2 Å². The van der Waals surface area contributed by atoms with Crippen LogP contribution in [0.3, 0.4) is 0 Å². The molecule has 3 heteroatoms. The molecule has 0 radical (unpaired) electrons. The standard InChI is InChI=1S/C26H33NO2/c1-16-13-22-21(25(4,5)15-17(2)26(22,6)7)14-20(16)18(3)27-23-12-10-9-11-19(23)24(28)29-8/h9-14,17H,15H2,1-8H3. The van der Waals surface area contributed by atoms with Crippen LogP contribution in [0.2, 0.25) is 0 Å². The molecule has 0 spiro atoms. The third-order valence-electron chi connectivity index (χ3n) is 6.82. The van der Waals surface area contributed by atoms with E-state index >= 15 is 0 Å². The lowest BCUT2D eigenvalue weighted by atomic mass is 9.58. The zero-order valence-corrected chi connectivity index (χ0v) is 19.0. The number of methoxy groups -OCH3 is 1. The molecule has 1 aliphatic carbocycles. The number of hydrogen-bond donors (Lipinski definition) is 0. The SMILES string of the molecule is COC(=O)c1ccccc1N=C(C)c1cc2c(cc1C)C(C)(C)C(C)CC2(C)C. The first kappa shape index (κ1) is 21.3. The number of fused-ring (bicyclic) bond motifs is 1. The lowest BCUT2D eigenvalue weighted by Crippen LogP contribution is -2.40. The smallest absolute Gasteiger partial charge is 0.340 e. The van der Waals surface area contributed by atoms with Crippen molar-refractivity contribution in [3.63, 3.8) is 0 Å². The largest absolute Gasteiger partial charge is 0.465 e. The van der Waals surface area contributed by atoms with Gasteiger partial charge in [-0.15, -0.1) is 0 Å². The van der Waals surface area contributed by atoms with Crippen molar-refractivity contribution >= 4 is 17.4 Å². The number of carbonyl (C=O) groups excluding carboxylic acids is 1. The second kappa shape index (κ2) is 7.44. The van der Waals surface area contributed by atoms with Crippen molar-refractivity contribution in [2.45, 2.75) is 65.7 Å². The summed E-state index contributed by atoms with van der Waals surface area (Å²) >= 11 is 0. The fourth-order valence-corrected chi connectivity index (χ4v) is 4.68. The maximum absolute atomic E-state index is 12.1. The normalized spacial score (nSPS) is 20.1. The average Bonchev–Trinajstić information content (AvgIpc) is 2.65. The van der Waals surface area contributed by atoms with Gasteiger partial charge in [0.15, 0.2) is 0 Å². The summed E-state index contributed by atoms with van der Waals surface area (Å²) in [6.45, 7) is 15.9. The second-order valence-electron chi connectivity index (χ2n) is 9.63. The first-order valence-electron chi connectivity index (χ1n) is 10.4. The number of esters is 1. The van der Waals surface area contributed by atoms with Gasteiger partial charge in [-0.3, -0.25) is 4.99 Å². The van der Waals surface area contributed by atoms with Crippen LogP contribution in [0.25, 0.3) is 0 Å². The maximum atomic E-state index is 12.1. The van der Waals surface area contributed by atoms with Gasteiger partial charge in [0.1, 0.15) is 0 Å². The van der Waals surface area contributed by atoms with Gasteiger partial charge in [-0.25, -0.2) is 4.79 Å². The molecule has 1 aliphatic rings. The van der Waals surface area contributed by atoms with Crippen LogP contribution in [-0.4, -0.2) is 18.8 Å². The molecule has 0 bridgehead atoms. The van der Waals surface area contributed by atoms with Crippen LogP contribution in [0.4, 0.5) is 5.69 Å². The molecule has 2 aromatic carbocycles. The number of carbonyl (C=O) groups is 1. The molecule has 1 unspecified atom stereocenters. The van der Waals surface area contributed by atoms with Crippen LogP contribution < -0.4 is 0 Å². The van der Waals surface area contributed by atoms with E-state index in [0.29, 0.717) is 17.2 Å². The first-order chi connectivity index (χ1) is 13.5. The molecular formula is C26H33NO2. The highest BCUT2D eigenvalue weighted by Crippen LogP contribution is 2.49. The molecule has 1 atom stereocenters. The third-order valence-corrected chi connectivity index (χ3v) is 6.82. The molecule has 0 fully saturated rings. The molecule has 0 saturated carbocycles. The van der Waals surface area contributed by atoms with Crippen molar-refractivity contribution in [2.75, 3.05) is 7.11 Å². The van der Waals surface area contributed by atoms with Crippen LogP contribution in [0.5, 0.6) is 0 Å². The number of aryl methyl sites for hydroxylation is 1. The van der Waals surface area contributed by atoms with Crippen molar-refractivity contribution in [1.29, 1.82) is 0 Å². The Morgan fingerprint density at radius 1 is 1.07 bits per heavy atom. The number of rotatable bonds is 3. The summed E-state index contributed by atoms with van der Waals surface area (Å²) in [4.78, 5) is 16.9. The Kier molecular flexibility index (Phi) is 5.46. The molecule has 3 rings (SSSR count). The quantitative estimate of drug-likeness (QED) is 0.441. The van der Waals surface area contributed by atoms with Gasteiger partial charge < -0.3 is 4.74 Å². The van der Waals surface area contributed by atoms with E-state index < -0.39 is 0 Å². The fourth-order valence-electron chi connectivity index (χ4n) is 4.68. The van der Waals surface area contributed by atoms with Gasteiger partial charge in [-0.2, -0.15) is 0 Å². The average molecular weight is 392 g/mol. The Balaban J connectivity index is 2.15. The van der Waals surface area contributed by atoms with Crippen LogP contribution in [0.1, 0.15) is 80.6 Å². The van der Waals surface area contributed by atoms with Gasteiger partial charge in [0, 0.05) is 5.71 Å². The Labute approximate surface area is 175 Å². The topological polar surface area (TPSA) is 38.7 Å². The van der Waals surface area contributed by atoms with Gasteiger partial charge in [0.05, 0.1) is 18.4 Å². The fraction of sp³-hybridized carbons (Fsp3) is 0.462. The minimum atomic E-state index is -0.365. The van der Waals surface area contributed by atoms with Gasteiger partial charge in [0.25, 0.3) is 0 Å². The van der Waals surface area contributed by atoms with Gasteiger partial charge in [-0.1, -0.05) is 52.8 Å². The van der Waals surface area contributed by atoms with Gasteiger partial charge in [-0.05, 0) is 77.5 Å². The van der Waals surface area contributed by atoms with E-state index in [2.05, 4.69) is 53.7 Å². The van der Waals surface area contributed by atoms with Gasteiger partial charge >= 0.3 is 5.97 Å². The van der Waals surface area contributed by atoms with Crippen molar-refractivity contribution in [3.8, 4) is 0 Å². The first-order valence-corrected chi connectivity index (χ1v) is 10.4. The summed E-state index contributed by atoms with van der Waals surface area (Å²) in [5, 5.41) is 0. The predicted octanol–water partition coefficient (Wildman–Crippen LogP) is 6.52. The minimum Gasteiger partial charge on any atom is -0.465 e. The molecule has 0 aliphatic heterocycles. The molecular weight excluding hydrogens is 358 g/mol. The van der Waals surface area contributed by atoms with Crippen LogP contribution in [0, 0.1) is 12.8 Å². The minimum absolute atomic E-state index is 0.122. The van der Waals surface area contributed by atoms with Crippen LogP contribution in [-0.2, 0) is 15.6 Å². The molecule has 3 nitrogen and oxygen atoms in total. The molecule has 0 aromatic heterocycles. The molecule has 154 valence electrons. The summed E-state index contributed by atoms with van der Waals surface area (Å²) in [5.74, 6) is 0.258. The zero-order valence-electron chi connectivity index (χ0n) is 19.0. The third kappa shape index (κ3) is 3.75. The molecule has 0 N–H and O–H groups in total. The maximum Gasteiger partial charge on any atom is 0.340 e. The highest BCUT2D eigenvalue weighted by Gasteiger charge is 2.42. The zero-order chi connectivity index (χ0) is 21.6. The number of ether oxygens (including phenoxy) is 1. The summed E-state index contributed by atoms with van der Waals surface area (Å²) in [7, 11) is 1.40. The van der Waals surface area contributed by atoms with Crippen molar-refractivity contribution < 1.29 is 9.53 Å². The highest BCUT2D eigenvalue weighted by atomic mass is 16.5. The summed E-state index contributed by atoms with van der Waals surface area (Å²) in [6, 6.07) is 12.0. The van der Waals surface area contributed by atoms with E-state index in [1.807, 2.05) is 25.1 Å². The van der Waals surface area contributed by atoms with Crippen molar-refractivity contribution in [2.24, 2.45) is 10.9 Å².